The van der Waals surface area contributed by atoms with E-state index < -0.39 is 5.82 Å². The fraction of sp³-hybridized carbons (Fsp3) is 0.533. The third kappa shape index (κ3) is 2.78. The van der Waals surface area contributed by atoms with Gasteiger partial charge in [0.25, 0.3) is 5.91 Å². The SMILES string of the molecule is CCC1(CC)CCN(C(=O)c2cc(S)ccc2F)C1. The summed E-state index contributed by atoms with van der Waals surface area (Å²) in [5.41, 5.74) is 0.348. The van der Waals surface area contributed by atoms with Crippen molar-refractivity contribution in [3.8, 4) is 0 Å². The molecule has 1 aliphatic rings. The van der Waals surface area contributed by atoms with Crippen LogP contribution in [-0.4, -0.2) is 23.9 Å². The predicted octanol–water partition coefficient (Wildman–Crippen LogP) is 3.77. The molecule has 0 N–H and O–H groups in total. The molecular weight excluding hydrogens is 261 g/mol. The van der Waals surface area contributed by atoms with Crippen LogP contribution in [-0.2, 0) is 0 Å². The molecule has 0 radical (unpaired) electrons. The summed E-state index contributed by atoms with van der Waals surface area (Å²) in [4.78, 5) is 14.8. The van der Waals surface area contributed by atoms with Crippen LogP contribution in [0.25, 0.3) is 0 Å². The van der Waals surface area contributed by atoms with E-state index in [9.17, 15) is 9.18 Å². The van der Waals surface area contributed by atoms with E-state index in [1.165, 1.54) is 12.1 Å². The molecule has 0 unspecified atom stereocenters. The van der Waals surface area contributed by atoms with Crippen molar-refractivity contribution in [1.82, 2.24) is 4.90 Å². The van der Waals surface area contributed by atoms with Crippen LogP contribution in [0.3, 0.4) is 0 Å². The zero-order valence-electron chi connectivity index (χ0n) is 11.4. The topological polar surface area (TPSA) is 20.3 Å². The number of thiol groups is 1. The van der Waals surface area contributed by atoms with Crippen molar-refractivity contribution in [3.05, 3.63) is 29.6 Å². The van der Waals surface area contributed by atoms with Gasteiger partial charge in [0.15, 0.2) is 0 Å². The molecule has 0 atom stereocenters. The zero-order valence-corrected chi connectivity index (χ0v) is 12.3. The van der Waals surface area contributed by atoms with Crippen molar-refractivity contribution in [2.24, 2.45) is 5.41 Å². The molecular formula is C15H20FNOS. The minimum atomic E-state index is -0.465. The van der Waals surface area contributed by atoms with Gasteiger partial charge in [-0.3, -0.25) is 4.79 Å². The zero-order chi connectivity index (χ0) is 14.0. The average Bonchev–Trinajstić information content (AvgIpc) is 2.86. The Morgan fingerprint density at radius 2 is 2.11 bits per heavy atom. The fourth-order valence-corrected chi connectivity index (χ4v) is 2.99. The molecule has 1 aliphatic heterocycles. The second-order valence-electron chi connectivity index (χ2n) is 5.35. The molecule has 1 saturated heterocycles. The summed E-state index contributed by atoms with van der Waals surface area (Å²) < 4.78 is 13.7. The van der Waals surface area contributed by atoms with Gasteiger partial charge >= 0.3 is 0 Å². The summed E-state index contributed by atoms with van der Waals surface area (Å²) in [6, 6.07) is 4.37. The third-order valence-electron chi connectivity index (χ3n) is 4.41. The minimum Gasteiger partial charge on any atom is -0.338 e. The van der Waals surface area contributed by atoms with Gasteiger partial charge in [0.05, 0.1) is 5.56 Å². The molecule has 0 bridgehead atoms. The number of carbonyl (C=O) groups excluding carboxylic acids is 1. The first-order chi connectivity index (χ1) is 9.01. The predicted molar refractivity (Wildman–Crippen MR) is 77.2 cm³/mol. The number of likely N-dealkylation sites (tertiary alicyclic amines) is 1. The highest BCUT2D eigenvalue weighted by Crippen LogP contribution is 2.37. The first-order valence-corrected chi connectivity index (χ1v) is 7.24. The maximum absolute atomic E-state index is 13.7. The van der Waals surface area contributed by atoms with Gasteiger partial charge in [-0.2, -0.15) is 0 Å². The summed E-state index contributed by atoms with van der Waals surface area (Å²) in [7, 11) is 0. The molecule has 19 heavy (non-hydrogen) atoms. The lowest BCUT2D eigenvalue weighted by atomic mass is 9.82. The van der Waals surface area contributed by atoms with E-state index in [1.54, 1.807) is 11.0 Å². The first-order valence-electron chi connectivity index (χ1n) is 6.79. The van der Waals surface area contributed by atoms with Crippen LogP contribution in [0.4, 0.5) is 4.39 Å². The van der Waals surface area contributed by atoms with E-state index in [1.807, 2.05) is 0 Å². The minimum absolute atomic E-state index is 0.135. The number of rotatable bonds is 3. The molecule has 0 spiro atoms. The van der Waals surface area contributed by atoms with Crippen molar-refractivity contribution in [1.29, 1.82) is 0 Å². The molecule has 1 aromatic rings. The van der Waals surface area contributed by atoms with E-state index >= 15 is 0 Å². The van der Waals surface area contributed by atoms with Crippen molar-refractivity contribution in [2.45, 2.75) is 38.0 Å². The number of hydrogen-bond donors (Lipinski definition) is 1. The first kappa shape index (κ1) is 14.4. The largest absolute Gasteiger partial charge is 0.338 e. The summed E-state index contributed by atoms with van der Waals surface area (Å²) in [5, 5.41) is 0. The van der Waals surface area contributed by atoms with Gasteiger partial charge < -0.3 is 4.90 Å². The maximum atomic E-state index is 13.7. The second-order valence-corrected chi connectivity index (χ2v) is 5.86. The van der Waals surface area contributed by atoms with Crippen LogP contribution in [0.15, 0.2) is 23.1 Å². The van der Waals surface area contributed by atoms with Gasteiger partial charge in [0.1, 0.15) is 5.82 Å². The number of benzene rings is 1. The number of carbonyl (C=O) groups is 1. The lowest BCUT2D eigenvalue weighted by molar-refractivity contribution is 0.0765. The molecule has 1 amide bonds. The van der Waals surface area contributed by atoms with Gasteiger partial charge in [-0.15, -0.1) is 12.6 Å². The van der Waals surface area contributed by atoms with Gasteiger partial charge in [0, 0.05) is 18.0 Å². The van der Waals surface area contributed by atoms with Gasteiger partial charge in [-0.05, 0) is 42.9 Å². The lowest BCUT2D eigenvalue weighted by Crippen LogP contribution is -2.32. The Kier molecular flexibility index (Phi) is 4.19. The van der Waals surface area contributed by atoms with Crippen LogP contribution >= 0.6 is 12.6 Å². The quantitative estimate of drug-likeness (QED) is 0.836. The van der Waals surface area contributed by atoms with Crippen molar-refractivity contribution in [3.63, 3.8) is 0 Å². The number of halogens is 1. The molecule has 0 aliphatic carbocycles. The maximum Gasteiger partial charge on any atom is 0.256 e. The average molecular weight is 281 g/mol. The highest BCUT2D eigenvalue weighted by Gasteiger charge is 2.37. The molecule has 2 nitrogen and oxygen atoms in total. The molecule has 1 fully saturated rings. The number of amides is 1. The Balaban J connectivity index is 2.20. The van der Waals surface area contributed by atoms with Crippen LogP contribution in [0.5, 0.6) is 0 Å². The molecule has 2 rings (SSSR count). The van der Waals surface area contributed by atoms with Gasteiger partial charge in [-0.1, -0.05) is 13.8 Å². The lowest BCUT2D eigenvalue weighted by Gasteiger charge is -2.26. The van der Waals surface area contributed by atoms with Crippen molar-refractivity contribution < 1.29 is 9.18 Å². The molecule has 0 saturated carbocycles. The highest BCUT2D eigenvalue weighted by atomic mass is 32.1. The highest BCUT2D eigenvalue weighted by molar-refractivity contribution is 7.80. The standard InChI is InChI=1S/C15H20FNOS/c1-3-15(4-2)7-8-17(10-15)14(18)12-9-11(19)5-6-13(12)16/h5-6,9,19H,3-4,7-8,10H2,1-2H3. The van der Waals surface area contributed by atoms with E-state index in [4.69, 9.17) is 0 Å². The number of nitrogens with zero attached hydrogens (tertiary/aromatic N) is 1. The Morgan fingerprint density at radius 1 is 1.42 bits per heavy atom. The Labute approximate surface area is 119 Å². The van der Waals surface area contributed by atoms with E-state index in [0.717, 1.165) is 32.4 Å². The summed E-state index contributed by atoms with van der Waals surface area (Å²) >= 11 is 4.17. The molecule has 0 aromatic heterocycles. The summed E-state index contributed by atoms with van der Waals surface area (Å²) in [6.07, 6.45) is 3.12. The van der Waals surface area contributed by atoms with E-state index in [2.05, 4.69) is 26.5 Å². The monoisotopic (exact) mass is 281 g/mol. The van der Waals surface area contributed by atoms with Crippen molar-refractivity contribution in [2.75, 3.05) is 13.1 Å². The van der Waals surface area contributed by atoms with Crippen LogP contribution < -0.4 is 0 Å². The van der Waals surface area contributed by atoms with Crippen LogP contribution in [0, 0.1) is 11.2 Å². The molecule has 4 heteroatoms. The summed E-state index contributed by atoms with van der Waals surface area (Å²) in [6.45, 7) is 5.77. The molecule has 104 valence electrons. The molecule has 1 heterocycles. The van der Waals surface area contributed by atoms with Gasteiger partial charge in [0.2, 0.25) is 0 Å². The Hall–Kier alpha value is -1.03. The second kappa shape index (κ2) is 5.53. The normalized spacial score (nSPS) is 17.8. The van der Waals surface area contributed by atoms with Crippen LogP contribution in [0.2, 0.25) is 0 Å². The third-order valence-corrected chi connectivity index (χ3v) is 4.68. The van der Waals surface area contributed by atoms with Crippen molar-refractivity contribution >= 4 is 18.5 Å². The smallest absolute Gasteiger partial charge is 0.256 e. The Morgan fingerprint density at radius 3 is 2.68 bits per heavy atom. The van der Waals surface area contributed by atoms with Gasteiger partial charge in [-0.25, -0.2) is 4.39 Å². The number of hydrogen-bond acceptors (Lipinski definition) is 2. The Bertz CT molecular complexity index is 485. The molecule has 1 aromatic carbocycles. The van der Waals surface area contributed by atoms with E-state index in [0.29, 0.717) is 4.90 Å². The fourth-order valence-electron chi connectivity index (χ4n) is 2.78. The van der Waals surface area contributed by atoms with E-state index in [-0.39, 0.29) is 16.9 Å². The summed E-state index contributed by atoms with van der Waals surface area (Å²) in [5.74, 6) is -0.675. The van der Waals surface area contributed by atoms with Crippen LogP contribution in [0.1, 0.15) is 43.5 Å².